The van der Waals surface area contributed by atoms with Crippen molar-refractivity contribution in [3.63, 3.8) is 0 Å². The molecule has 5 nitrogen and oxygen atoms in total. The first-order chi connectivity index (χ1) is 10.0. The van der Waals surface area contributed by atoms with Gasteiger partial charge in [0.1, 0.15) is 5.54 Å². The molecule has 0 aliphatic heterocycles. The van der Waals surface area contributed by atoms with Crippen molar-refractivity contribution in [3.05, 3.63) is 47.1 Å². The maximum Gasteiger partial charge on any atom is 0.227 e. The van der Waals surface area contributed by atoms with E-state index in [-0.39, 0.29) is 0 Å². The molecule has 1 heterocycles. The van der Waals surface area contributed by atoms with E-state index in [1.54, 1.807) is 0 Å². The normalized spacial score (nSPS) is 14.1. The van der Waals surface area contributed by atoms with Crippen LogP contribution in [0.3, 0.4) is 0 Å². The third-order valence-electron chi connectivity index (χ3n) is 3.45. The van der Waals surface area contributed by atoms with Gasteiger partial charge in [0.25, 0.3) is 0 Å². The van der Waals surface area contributed by atoms with Gasteiger partial charge >= 0.3 is 0 Å². The van der Waals surface area contributed by atoms with Crippen molar-refractivity contribution in [1.29, 1.82) is 0 Å². The molecule has 1 aromatic carbocycles. The third kappa shape index (κ3) is 4.12. The van der Waals surface area contributed by atoms with E-state index in [1.807, 2.05) is 26.0 Å². The van der Waals surface area contributed by atoms with Gasteiger partial charge in [-0.15, -0.1) is 0 Å². The molecule has 21 heavy (non-hydrogen) atoms. The van der Waals surface area contributed by atoms with Gasteiger partial charge in [-0.25, -0.2) is 0 Å². The molecule has 1 unspecified atom stereocenters. The maximum atomic E-state index is 6.16. The summed E-state index contributed by atoms with van der Waals surface area (Å²) in [5.74, 6) is 1.11. The molecule has 0 spiro atoms. The monoisotopic (exact) mass is 289 g/mol. The van der Waals surface area contributed by atoms with E-state index in [0.717, 1.165) is 6.42 Å². The molecule has 2 N–H and O–H groups in total. The second kappa shape index (κ2) is 6.83. The second-order valence-electron chi connectivity index (χ2n) is 5.49. The van der Waals surface area contributed by atoms with E-state index in [9.17, 15) is 0 Å². The lowest BCUT2D eigenvalue weighted by atomic mass is 10.0. The number of nitrogens with zero attached hydrogens (tertiary/aromatic N) is 2. The van der Waals surface area contributed by atoms with Gasteiger partial charge in [0.2, 0.25) is 5.89 Å². The Bertz CT molecular complexity index is 578. The van der Waals surface area contributed by atoms with Crippen LogP contribution in [-0.2, 0) is 23.1 Å². The van der Waals surface area contributed by atoms with Gasteiger partial charge in [0, 0.05) is 13.0 Å². The molecule has 5 heteroatoms. The van der Waals surface area contributed by atoms with E-state index in [1.165, 1.54) is 11.1 Å². The lowest BCUT2D eigenvalue weighted by molar-refractivity contribution is 0.0962. The van der Waals surface area contributed by atoms with E-state index >= 15 is 0 Å². The van der Waals surface area contributed by atoms with E-state index in [0.29, 0.717) is 31.3 Å². The molecule has 0 aliphatic carbocycles. The summed E-state index contributed by atoms with van der Waals surface area (Å²) in [6, 6.07) is 8.31. The maximum absolute atomic E-state index is 6.16. The number of aryl methyl sites for hydroxylation is 3. The average molecular weight is 289 g/mol. The molecule has 0 amide bonds. The van der Waals surface area contributed by atoms with Crippen LogP contribution in [0.2, 0.25) is 0 Å². The summed E-state index contributed by atoms with van der Waals surface area (Å²) in [4.78, 5) is 4.40. The van der Waals surface area contributed by atoms with Crippen LogP contribution in [0.25, 0.3) is 0 Å². The van der Waals surface area contributed by atoms with Gasteiger partial charge in [-0.2, -0.15) is 4.98 Å². The summed E-state index contributed by atoms with van der Waals surface area (Å²) in [5.41, 5.74) is 8.01. The highest BCUT2D eigenvalue weighted by atomic mass is 16.5. The molecule has 1 aromatic heterocycles. The highest BCUT2D eigenvalue weighted by Crippen LogP contribution is 2.16. The minimum Gasteiger partial charge on any atom is -0.379 e. The third-order valence-corrected chi connectivity index (χ3v) is 3.45. The van der Waals surface area contributed by atoms with E-state index < -0.39 is 5.54 Å². The number of rotatable bonds is 7. The Balaban J connectivity index is 1.99. The summed E-state index contributed by atoms with van der Waals surface area (Å²) in [6.45, 7) is 6.87. The standard InChI is InChI=1S/C16H23N3O2/c1-4-20-11-16(3,17)15-18-14(21-19-15)10-9-13-8-6-5-7-12(13)2/h5-8H,4,9-11,17H2,1-3H3. The Labute approximate surface area is 125 Å². The summed E-state index contributed by atoms with van der Waals surface area (Å²) >= 11 is 0. The van der Waals surface area contributed by atoms with Crippen LogP contribution >= 0.6 is 0 Å². The van der Waals surface area contributed by atoms with Crippen LogP contribution in [0, 0.1) is 6.92 Å². The minimum atomic E-state index is -0.722. The predicted molar refractivity (Wildman–Crippen MR) is 80.9 cm³/mol. The van der Waals surface area contributed by atoms with Crippen LogP contribution in [0.4, 0.5) is 0 Å². The molecule has 0 aliphatic rings. The number of nitrogens with two attached hydrogens (primary N) is 1. The Morgan fingerprint density at radius 1 is 1.29 bits per heavy atom. The van der Waals surface area contributed by atoms with Crippen molar-refractivity contribution in [2.24, 2.45) is 5.73 Å². The predicted octanol–water partition coefficient (Wildman–Crippen LogP) is 2.37. The first-order valence-electron chi connectivity index (χ1n) is 7.27. The van der Waals surface area contributed by atoms with Crippen molar-refractivity contribution < 1.29 is 9.26 Å². The molecule has 0 bridgehead atoms. The molecule has 114 valence electrons. The Morgan fingerprint density at radius 2 is 2.05 bits per heavy atom. The van der Waals surface area contributed by atoms with Crippen LogP contribution in [0.15, 0.2) is 28.8 Å². The molecule has 1 atom stereocenters. The van der Waals surface area contributed by atoms with E-state index in [4.69, 9.17) is 15.0 Å². The number of benzene rings is 1. The number of ether oxygens (including phenoxy) is 1. The Kier molecular flexibility index (Phi) is 5.09. The van der Waals surface area contributed by atoms with Crippen molar-refractivity contribution in [3.8, 4) is 0 Å². The SMILES string of the molecule is CCOCC(C)(N)c1noc(CCc2ccccc2C)n1. The average Bonchev–Trinajstić information content (AvgIpc) is 2.94. The highest BCUT2D eigenvalue weighted by molar-refractivity contribution is 5.25. The highest BCUT2D eigenvalue weighted by Gasteiger charge is 2.27. The fourth-order valence-electron chi connectivity index (χ4n) is 2.10. The quantitative estimate of drug-likeness (QED) is 0.847. The van der Waals surface area contributed by atoms with E-state index in [2.05, 4.69) is 29.2 Å². The minimum absolute atomic E-state index is 0.375. The molecule has 2 aromatic rings. The largest absolute Gasteiger partial charge is 0.379 e. The zero-order chi connectivity index (χ0) is 15.3. The van der Waals surface area contributed by atoms with Gasteiger partial charge in [-0.05, 0) is 38.3 Å². The zero-order valence-corrected chi connectivity index (χ0v) is 12.9. The molecule has 2 rings (SSSR count). The van der Waals surface area contributed by atoms with Crippen LogP contribution < -0.4 is 5.73 Å². The van der Waals surface area contributed by atoms with Crippen LogP contribution in [0.5, 0.6) is 0 Å². The molecule has 0 saturated heterocycles. The molecule has 0 saturated carbocycles. The Morgan fingerprint density at radius 3 is 2.76 bits per heavy atom. The molecular weight excluding hydrogens is 266 g/mol. The number of aromatic nitrogens is 2. The van der Waals surface area contributed by atoms with Gasteiger partial charge in [0.15, 0.2) is 5.82 Å². The summed E-state index contributed by atoms with van der Waals surface area (Å²) in [6.07, 6.45) is 1.59. The lowest BCUT2D eigenvalue weighted by Gasteiger charge is -2.19. The second-order valence-corrected chi connectivity index (χ2v) is 5.49. The van der Waals surface area contributed by atoms with Crippen molar-refractivity contribution in [2.45, 2.75) is 39.2 Å². The number of hydrogen-bond acceptors (Lipinski definition) is 5. The van der Waals surface area contributed by atoms with Crippen LogP contribution in [0.1, 0.15) is 36.7 Å². The molecular formula is C16H23N3O2. The molecule has 0 radical (unpaired) electrons. The molecule has 0 fully saturated rings. The van der Waals surface area contributed by atoms with Gasteiger partial charge in [-0.1, -0.05) is 29.4 Å². The topological polar surface area (TPSA) is 74.2 Å². The van der Waals surface area contributed by atoms with Gasteiger partial charge < -0.3 is 15.0 Å². The fraction of sp³-hybridized carbons (Fsp3) is 0.500. The smallest absolute Gasteiger partial charge is 0.227 e. The van der Waals surface area contributed by atoms with Crippen molar-refractivity contribution >= 4 is 0 Å². The zero-order valence-electron chi connectivity index (χ0n) is 12.9. The number of hydrogen-bond donors (Lipinski definition) is 1. The summed E-state index contributed by atoms with van der Waals surface area (Å²) in [5, 5.41) is 3.98. The van der Waals surface area contributed by atoms with Gasteiger partial charge in [0.05, 0.1) is 6.61 Å². The summed E-state index contributed by atoms with van der Waals surface area (Å²) in [7, 11) is 0. The first kappa shape index (κ1) is 15.7. The summed E-state index contributed by atoms with van der Waals surface area (Å²) < 4.78 is 10.7. The van der Waals surface area contributed by atoms with Gasteiger partial charge in [-0.3, -0.25) is 0 Å². The van der Waals surface area contributed by atoms with Crippen molar-refractivity contribution in [2.75, 3.05) is 13.2 Å². The Hall–Kier alpha value is -1.72. The fourth-order valence-corrected chi connectivity index (χ4v) is 2.10. The van der Waals surface area contributed by atoms with Crippen LogP contribution in [-0.4, -0.2) is 23.4 Å². The lowest BCUT2D eigenvalue weighted by Crippen LogP contribution is -2.39. The van der Waals surface area contributed by atoms with Crippen molar-refractivity contribution in [1.82, 2.24) is 10.1 Å². The first-order valence-corrected chi connectivity index (χ1v) is 7.27.